The molecule has 84 heavy (non-hydrogen) atoms. The van der Waals surface area contributed by atoms with Gasteiger partial charge in [-0.2, -0.15) is 0 Å². The third kappa shape index (κ3) is 8.80. The van der Waals surface area contributed by atoms with Gasteiger partial charge in [0, 0.05) is 37.8 Å². The van der Waals surface area contributed by atoms with Gasteiger partial charge in [-0.1, -0.05) is 214 Å². The van der Waals surface area contributed by atoms with E-state index in [4.69, 9.17) is 0 Å². The highest BCUT2D eigenvalue weighted by Gasteiger charge is 2.29. The number of hydrogen-bond acceptors (Lipinski definition) is 2. The van der Waals surface area contributed by atoms with E-state index in [1.165, 1.54) is 190 Å². The molecule has 2 saturated carbocycles. The summed E-state index contributed by atoms with van der Waals surface area (Å²) in [6.07, 6.45) is 12.7. The number of rotatable bonds is 11. The first-order valence-corrected chi connectivity index (χ1v) is 32.3. The van der Waals surface area contributed by atoms with Crippen molar-refractivity contribution in [3.8, 4) is 88.4 Å². The maximum atomic E-state index is 2.64. The van der Waals surface area contributed by atoms with Crippen molar-refractivity contribution in [3.05, 3.63) is 265 Å². The Bertz CT molecular complexity index is 4650. The molecule has 0 saturated heterocycles. The first kappa shape index (κ1) is 50.9. The van der Waals surface area contributed by atoms with E-state index in [0.717, 1.165) is 5.69 Å². The Hall–Kier alpha value is -8.80. The molecule has 16 rings (SSSR count). The molecule has 0 bridgehead atoms. The van der Waals surface area contributed by atoms with Crippen molar-refractivity contribution in [1.82, 2.24) is 9.13 Å². The molecule has 0 aliphatic heterocycles. The van der Waals surface area contributed by atoms with Gasteiger partial charge in [-0.15, -0.1) is 22.7 Å². The zero-order valence-corrected chi connectivity index (χ0v) is 48.8. The molecule has 4 heteroatoms. The normalized spacial score (nSPS) is 14.3. The average Bonchev–Trinajstić information content (AvgIpc) is 1.86. The molecule has 4 heterocycles. The van der Waals surface area contributed by atoms with Crippen molar-refractivity contribution in [2.75, 3.05) is 0 Å². The van der Waals surface area contributed by atoms with Gasteiger partial charge in [-0.25, -0.2) is 0 Å². The van der Waals surface area contributed by atoms with E-state index in [9.17, 15) is 0 Å². The van der Waals surface area contributed by atoms with Crippen LogP contribution in [0.3, 0.4) is 0 Å². The zero-order valence-electron chi connectivity index (χ0n) is 47.2. The summed E-state index contributed by atoms with van der Waals surface area (Å²) < 4.78 is 5.08. The number of hydrogen-bond donors (Lipinski definition) is 0. The summed E-state index contributed by atoms with van der Waals surface area (Å²) >= 11 is 3.65. The predicted octanol–water partition coefficient (Wildman–Crippen LogP) is 23.8. The molecule has 0 atom stereocenters. The van der Waals surface area contributed by atoms with Crippen LogP contribution >= 0.6 is 22.7 Å². The number of nitrogens with zero attached hydrogens (tertiary/aromatic N) is 2. The van der Waals surface area contributed by atoms with Crippen LogP contribution in [0.1, 0.15) is 87.2 Å². The van der Waals surface area contributed by atoms with Crippen LogP contribution in [0, 0.1) is 0 Å². The van der Waals surface area contributed by atoms with Crippen molar-refractivity contribution < 1.29 is 0 Å². The lowest BCUT2D eigenvalue weighted by atomic mass is 9.74. The lowest BCUT2D eigenvalue weighted by Crippen LogP contribution is -2.11. The van der Waals surface area contributed by atoms with Gasteiger partial charge in [0.05, 0.1) is 22.8 Å². The predicted molar refractivity (Wildman–Crippen MR) is 361 cm³/mol. The molecule has 2 nitrogen and oxygen atoms in total. The minimum absolute atomic E-state index is 0.488. The highest BCUT2D eigenvalue weighted by atomic mass is 32.1. The van der Waals surface area contributed by atoms with Crippen LogP contribution < -0.4 is 0 Å². The number of fused-ring (bicyclic) bond motifs is 4. The lowest BCUT2D eigenvalue weighted by Gasteiger charge is -2.30. The SMILES string of the molecule is c1ccc(-c2ccc(-c3ccccc3)n2-c2ccc3c(C4CCCCC4)c4cc(-c5ccccc5-c5ccc(-c6ccccc6)n5-c5ccc6c(-c7cccs7)c7ccccc7c(-c7cccs7)c6c5)ccc4c(C4CCCCC4)c3c2)cc1. The molecule has 0 N–H and O–H groups in total. The first-order chi connectivity index (χ1) is 41.7. The molecule has 10 aromatic carbocycles. The third-order valence-corrected chi connectivity index (χ3v) is 20.5. The summed E-state index contributed by atoms with van der Waals surface area (Å²) in [5.41, 5.74) is 20.3. The Labute approximate surface area is 500 Å². The summed E-state index contributed by atoms with van der Waals surface area (Å²) in [7, 11) is 0. The first-order valence-electron chi connectivity index (χ1n) is 30.5. The second kappa shape index (κ2) is 21.8. The summed E-state index contributed by atoms with van der Waals surface area (Å²) in [4.78, 5) is 2.58. The van der Waals surface area contributed by atoms with E-state index >= 15 is 0 Å². The molecule has 0 amide bonds. The third-order valence-electron chi connectivity index (χ3n) is 18.8. The van der Waals surface area contributed by atoms with Gasteiger partial charge in [0.1, 0.15) is 0 Å². The maximum absolute atomic E-state index is 2.64. The van der Waals surface area contributed by atoms with E-state index in [1.807, 2.05) is 22.7 Å². The van der Waals surface area contributed by atoms with Gasteiger partial charge < -0.3 is 9.13 Å². The molecule has 0 radical (unpaired) electrons. The lowest BCUT2D eigenvalue weighted by molar-refractivity contribution is 0.445. The topological polar surface area (TPSA) is 9.86 Å². The van der Waals surface area contributed by atoms with E-state index in [-0.39, 0.29) is 0 Å². The van der Waals surface area contributed by atoms with E-state index in [0.29, 0.717) is 11.8 Å². The highest BCUT2D eigenvalue weighted by molar-refractivity contribution is 7.14. The van der Waals surface area contributed by atoms with Crippen molar-refractivity contribution in [3.63, 3.8) is 0 Å². The number of aromatic nitrogens is 2. The van der Waals surface area contributed by atoms with Crippen LogP contribution in [0.15, 0.2) is 253 Å². The van der Waals surface area contributed by atoms with E-state index in [1.54, 1.807) is 11.1 Å². The second-order valence-electron chi connectivity index (χ2n) is 23.5. The Morgan fingerprint density at radius 1 is 0.274 bits per heavy atom. The molecule has 2 aliphatic carbocycles. The molecule has 2 fully saturated rings. The minimum Gasteiger partial charge on any atom is -0.309 e. The Morgan fingerprint density at radius 2 is 0.679 bits per heavy atom. The van der Waals surface area contributed by atoms with Gasteiger partial charge in [0.2, 0.25) is 0 Å². The van der Waals surface area contributed by atoms with Crippen LogP contribution in [0.5, 0.6) is 0 Å². The number of thiophene rings is 2. The fourth-order valence-electron chi connectivity index (χ4n) is 15.0. The highest BCUT2D eigenvalue weighted by Crippen LogP contribution is 2.51. The standard InChI is InChI=1S/C80H64N2S2/c1-6-22-53(23-7-1)71-44-45-72(54-24-8-2-9-25-54)81(71)59-39-42-66-69(51-59)78(57-30-14-5-15-31-57)65-41-38-58(50-68(65)77(66)56-28-12-4-13-29-56)61-32-16-17-33-62(61)74-47-46-73(55-26-10-3-11-27-55)82(74)60-40-43-67-70(52-60)80(76-37-21-49-84-76)64-35-19-18-34-63(64)79(67)75-36-20-48-83-75/h1-3,6-11,16-27,32-52,56-57H,4-5,12-15,28-31H2. The van der Waals surface area contributed by atoms with Crippen molar-refractivity contribution in [2.24, 2.45) is 0 Å². The minimum atomic E-state index is 0.488. The molecule has 4 aromatic heterocycles. The summed E-state index contributed by atoms with van der Waals surface area (Å²) in [5.74, 6) is 0.979. The molecule has 2 aliphatic rings. The van der Waals surface area contributed by atoms with Crippen molar-refractivity contribution in [1.29, 1.82) is 0 Å². The van der Waals surface area contributed by atoms with Crippen LogP contribution in [0.2, 0.25) is 0 Å². The summed E-state index contributed by atoms with van der Waals surface area (Å²) in [5, 5.41) is 15.4. The smallest absolute Gasteiger partial charge is 0.0541 e. The van der Waals surface area contributed by atoms with E-state index in [2.05, 4.69) is 263 Å². The molecule has 0 spiro atoms. The maximum Gasteiger partial charge on any atom is 0.0541 e. The molecule has 406 valence electrons. The molecule has 0 unspecified atom stereocenters. The van der Waals surface area contributed by atoms with Crippen molar-refractivity contribution >= 4 is 65.8 Å². The fraction of sp³-hybridized carbons (Fsp3) is 0.150. The summed E-state index contributed by atoms with van der Waals surface area (Å²) in [6, 6.07) is 92.1. The number of benzene rings is 10. The van der Waals surface area contributed by atoms with E-state index < -0.39 is 0 Å². The quantitative estimate of drug-likeness (QED) is 0.114. The Morgan fingerprint density at radius 3 is 1.19 bits per heavy atom. The molecular weight excluding hydrogens is 1050 g/mol. The van der Waals surface area contributed by atoms with Gasteiger partial charge in [-0.3, -0.25) is 0 Å². The largest absolute Gasteiger partial charge is 0.309 e. The average molecular weight is 1120 g/mol. The second-order valence-corrected chi connectivity index (χ2v) is 25.4. The fourth-order valence-corrected chi connectivity index (χ4v) is 16.6. The molecule has 14 aromatic rings. The van der Waals surface area contributed by atoms with Crippen LogP contribution in [0.25, 0.3) is 132 Å². The van der Waals surface area contributed by atoms with Crippen molar-refractivity contribution in [2.45, 2.75) is 76.0 Å². The monoisotopic (exact) mass is 1120 g/mol. The Kier molecular flexibility index (Phi) is 13.2. The van der Waals surface area contributed by atoms with Gasteiger partial charge in [0.15, 0.2) is 0 Å². The van der Waals surface area contributed by atoms with Gasteiger partial charge in [0.25, 0.3) is 0 Å². The summed E-state index contributed by atoms with van der Waals surface area (Å²) in [6.45, 7) is 0. The van der Waals surface area contributed by atoms with Gasteiger partial charge >= 0.3 is 0 Å². The van der Waals surface area contributed by atoms with Crippen LogP contribution in [0.4, 0.5) is 0 Å². The Balaban J connectivity index is 0.917. The molecular formula is C80H64N2S2. The zero-order chi connectivity index (χ0) is 55.5. The van der Waals surface area contributed by atoms with Gasteiger partial charge in [-0.05, 0) is 197 Å². The van der Waals surface area contributed by atoms with Crippen LogP contribution in [-0.4, -0.2) is 9.13 Å². The van der Waals surface area contributed by atoms with Crippen LogP contribution in [-0.2, 0) is 0 Å².